The second-order valence-corrected chi connectivity index (χ2v) is 4.16. The minimum atomic E-state index is -0.927. The lowest BCUT2D eigenvalue weighted by atomic mass is 10.0. The van der Waals surface area contributed by atoms with Gasteiger partial charge in [-0.2, -0.15) is 0 Å². The molecule has 1 aliphatic heterocycles. The van der Waals surface area contributed by atoms with Crippen LogP contribution >= 0.6 is 0 Å². The van der Waals surface area contributed by atoms with E-state index < -0.39 is 12.0 Å². The molecule has 1 N–H and O–H groups in total. The van der Waals surface area contributed by atoms with E-state index in [1.54, 1.807) is 6.21 Å². The van der Waals surface area contributed by atoms with Crippen LogP contribution in [0.3, 0.4) is 0 Å². The Morgan fingerprint density at radius 3 is 2.65 bits per heavy atom. The smallest absolute Gasteiger partial charge is 0.330 e. The number of carboxylic acids is 1. The van der Waals surface area contributed by atoms with Gasteiger partial charge in [-0.25, -0.2) is 4.79 Å². The molecule has 0 saturated heterocycles. The molecule has 1 aromatic rings. The molecule has 0 aliphatic carbocycles. The highest BCUT2D eigenvalue weighted by molar-refractivity contribution is 6.38. The number of aryl methyl sites for hydroxylation is 2. The van der Waals surface area contributed by atoms with Gasteiger partial charge in [0.05, 0.1) is 12.3 Å². The zero-order chi connectivity index (χ0) is 12.4. The fourth-order valence-electron chi connectivity index (χ4n) is 1.64. The van der Waals surface area contributed by atoms with Gasteiger partial charge in [0.25, 0.3) is 0 Å². The van der Waals surface area contributed by atoms with E-state index in [0.717, 1.165) is 11.3 Å². The molecule has 1 unspecified atom stereocenters. The van der Waals surface area contributed by atoms with Crippen molar-refractivity contribution in [1.29, 1.82) is 0 Å². The lowest BCUT2D eigenvalue weighted by Gasteiger charge is -2.12. The fourth-order valence-corrected chi connectivity index (χ4v) is 1.64. The molecular formula is C13H14N2O2. The summed E-state index contributed by atoms with van der Waals surface area (Å²) in [6.07, 6.45) is 1.55. The average Bonchev–Trinajstić information content (AvgIpc) is 2.33. The zero-order valence-electron chi connectivity index (χ0n) is 9.84. The Hall–Kier alpha value is -1.97. The van der Waals surface area contributed by atoms with Crippen LogP contribution in [0.4, 0.5) is 0 Å². The van der Waals surface area contributed by atoms with E-state index in [1.165, 1.54) is 11.1 Å². The second kappa shape index (κ2) is 4.49. The monoisotopic (exact) mass is 230 g/mol. The maximum absolute atomic E-state index is 10.7. The summed E-state index contributed by atoms with van der Waals surface area (Å²) in [4.78, 5) is 19.0. The first-order valence-electron chi connectivity index (χ1n) is 5.46. The van der Waals surface area contributed by atoms with Crippen LogP contribution in [0, 0.1) is 13.8 Å². The van der Waals surface area contributed by atoms with Crippen molar-refractivity contribution < 1.29 is 9.90 Å². The first kappa shape index (κ1) is 11.5. The molecular weight excluding hydrogens is 216 g/mol. The molecule has 2 rings (SSSR count). The Morgan fingerprint density at radius 1 is 1.35 bits per heavy atom. The van der Waals surface area contributed by atoms with Gasteiger partial charge >= 0.3 is 5.97 Å². The van der Waals surface area contributed by atoms with Crippen LogP contribution in [0.2, 0.25) is 0 Å². The SMILES string of the molecule is Cc1ccc(C2=NCC(C(=O)O)N=C2)cc1C. The van der Waals surface area contributed by atoms with Crippen LogP contribution in [-0.2, 0) is 4.79 Å². The normalized spacial score (nSPS) is 18.9. The largest absolute Gasteiger partial charge is 0.480 e. The Labute approximate surface area is 99.7 Å². The van der Waals surface area contributed by atoms with Crippen molar-refractivity contribution >= 4 is 17.9 Å². The molecule has 4 heteroatoms. The number of carboxylic acid groups (broad SMARTS) is 1. The van der Waals surface area contributed by atoms with Crippen molar-refractivity contribution in [3.05, 3.63) is 34.9 Å². The molecule has 0 radical (unpaired) electrons. The van der Waals surface area contributed by atoms with Crippen molar-refractivity contribution in [2.75, 3.05) is 6.54 Å². The van der Waals surface area contributed by atoms with E-state index >= 15 is 0 Å². The number of nitrogens with zero attached hydrogens (tertiary/aromatic N) is 2. The molecule has 0 fully saturated rings. The van der Waals surface area contributed by atoms with Crippen molar-refractivity contribution in [2.45, 2.75) is 19.9 Å². The minimum absolute atomic E-state index is 0.216. The standard InChI is InChI=1S/C13H14N2O2/c1-8-3-4-10(5-9(8)2)11-6-15-12(7-14-11)13(16)17/h3-6,12H,7H2,1-2H3,(H,16,17). The van der Waals surface area contributed by atoms with Gasteiger partial charge < -0.3 is 5.11 Å². The van der Waals surface area contributed by atoms with Crippen LogP contribution in [0.5, 0.6) is 0 Å². The molecule has 0 spiro atoms. The van der Waals surface area contributed by atoms with Crippen LogP contribution in [0.15, 0.2) is 28.2 Å². The van der Waals surface area contributed by atoms with Gasteiger partial charge in [0.15, 0.2) is 6.04 Å². The lowest BCUT2D eigenvalue weighted by molar-refractivity contribution is -0.138. The van der Waals surface area contributed by atoms with E-state index in [0.29, 0.717) is 0 Å². The Bertz CT molecular complexity index is 518. The summed E-state index contributed by atoms with van der Waals surface area (Å²) in [6.45, 7) is 4.31. The highest BCUT2D eigenvalue weighted by atomic mass is 16.4. The Kier molecular flexibility index (Phi) is 3.04. The van der Waals surface area contributed by atoms with E-state index in [2.05, 4.69) is 16.9 Å². The van der Waals surface area contributed by atoms with E-state index in [4.69, 9.17) is 5.11 Å². The third-order valence-corrected chi connectivity index (χ3v) is 2.90. The summed E-state index contributed by atoms with van der Waals surface area (Å²) < 4.78 is 0. The van der Waals surface area contributed by atoms with E-state index in [1.807, 2.05) is 25.1 Å². The van der Waals surface area contributed by atoms with Crippen molar-refractivity contribution in [3.8, 4) is 0 Å². The van der Waals surface area contributed by atoms with Crippen molar-refractivity contribution in [3.63, 3.8) is 0 Å². The molecule has 0 saturated carbocycles. The highest BCUT2D eigenvalue weighted by Gasteiger charge is 2.18. The van der Waals surface area contributed by atoms with Crippen molar-refractivity contribution in [1.82, 2.24) is 0 Å². The minimum Gasteiger partial charge on any atom is -0.480 e. The first-order chi connectivity index (χ1) is 8.08. The molecule has 1 atom stereocenters. The summed E-state index contributed by atoms with van der Waals surface area (Å²) in [5.41, 5.74) is 4.16. The van der Waals surface area contributed by atoms with Gasteiger partial charge in [-0.15, -0.1) is 0 Å². The zero-order valence-corrected chi connectivity index (χ0v) is 9.84. The quantitative estimate of drug-likeness (QED) is 0.839. The molecule has 17 heavy (non-hydrogen) atoms. The third kappa shape index (κ3) is 2.41. The van der Waals surface area contributed by atoms with Gasteiger partial charge in [0, 0.05) is 11.8 Å². The molecule has 0 aromatic heterocycles. The van der Waals surface area contributed by atoms with Gasteiger partial charge in [-0.05, 0) is 31.0 Å². The number of hydrogen-bond acceptors (Lipinski definition) is 3. The predicted molar refractivity (Wildman–Crippen MR) is 67.2 cm³/mol. The number of aliphatic carboxylic acids is 1. The van der Waals surface area contributed by atoms with Crippen molar-refractivity contribution in [2.24, 2.45) is 9.98 Å². The number of aliphatic imine (C=N–C) groups is 2. The van der Waals surface area contributed by atoms with Crippen LogP contribution in [0.1, 0.15) is 16.7 Å². The third-order valence-electron chi connectivity index (χ3n) is 2.90. The number of hydrogen-bond donors (Lipinski definition) is 1. The van der Waals surface area contributed by atoms with Gasteiger partial charge in [-0.1, -0.05) is 12.1 Å². The summed E-state index contributed by atoms with van der Waals surface area (Å²) in [5.74, 6) is -0.927. The van der Waals surface area contributed by atoms with E-state index in [-0.39, 0.29) is 6.54 Å². The van der Waals surface area contributed by atoms with Gasteiger partial charge in [0.1, 0.15) is 0 Å². The summed E-state index contributed by atoms with van der Waals surface area (Å²) in [7, 11) is 0. The molecule has 1 aromatic carbocycles. The fraction of sp³-hybridized carbons (Fsp3) is 0.308. The highest BCUT2D eigenvalue weighted by Crippen LogP contribution is 2.12. The average molecular weight is 230 g/mol. The maximum atomic E-state index is 10.7. The maximum Gasteiger partial charge on any atom is 0.330 e. The van der Waals surface area contributed by atoms with Crippen LogP contribution in [0.25, 0.3) is 0 Å². The molecule has 0 bridgehead atoms. The Morgan fingerprint density at radius 2 is 2.12 bits per heavy atom. The molecule has 4 nitrogen and oxygen atoms in total. The van der Waals surface area contributed by atoms with Gasteiger partial charge in [-0.3, -0.25) is 9.98 Å². The number of carbonyl (C=O) groups is 1. The molecule has 0 amide bonds. The topological polar surface area (TPSA) is 62.0 Å². The number of rotatable bonds is 2. The van der Waals surface area contributed by atoms with Crippen LogP contribution < -0.4 is 0 Å². The molecule has 88 valence electrons. The second-order valence-electron chi connectivity index (χ2n) is 4.16. The lowest BCUT2D eigenvalue weighted by Crippen LogP contribution is -2.26. The van der Waals surface area contributed by atoms with E-state index in [9.17, 15) is 4.79 Å². The van der Waals surface area contributed by atoms with Gasteiger partial charge in [0.2, 0.25) is 0 Å². The summed E-state index contributed by atoms with van der Waals surface area (Å²) in [6, 6.07) is 5.32. The molecule has 1 aliphatic rings. The van der Waals surface area contributed by atoms with Crippen LogP contribution in [-0.4, -0.2) is 35.6 Å². The number of benzene rings is 1. The summed E-state index contributed by atoms with van der Waals surface area (Å²) >= 11 is 0. The molecule has 1 heterocycles. The summed E-state index contributed by atoms with van der Waals surface area (Å²) in [5, 5.41) is 8.79. The first-order valence-corrected chi connectivity index (χ1v) is 5.46. The predicted octanol–water partition coefficient (Wildman–Crippen LogP) is 1.63. The Balaban J connectivity index is 2.23.